The topological polar surface area (TPSA) is 67.9 Å². The summed E-state index contributed by atoms with van der Waals surface area (Å²) < 4.78 is 10.2. The highest BCUT2D eigenvalue weighted by molar-refractivity contribution is 5.95. The van der Waals surface area contributed by atoms with Gasteiger partial charge in [0.05, 0.1) is 19.6 Å². The van der Waals surface area contributed by atoms with E-state index in [2.05, 4.69) is 5.32 Å². The lowest BCUT2D eigenvalue weighted by atomic mass is 9.88. The van der Waals surface area contributed by atoms with Gasteiger partial charge in [0.25, 0.3) is 5.91 Å². The van der Waals surface area contributed by atoms with Crippen molar-refractivity contribution in [1.82, 2.24) is 10.2 Å². The minimum atomic E-state index is -0.307. The molecule has 2 aromatic carbocycles. The fourth-order valence-electron chi connectivity index (χ4n) is 3.59. The fraction of sp³-hybridized carbons (Fsp3) is 0.364. The summed E-state index contributed by atoms with van der Waals surface area (Å²) in [4.78, 5) is 27.5. The summed E-state index contributed by atoms with van der Waals surface area (Å²) in [6, 6.07) is 16.9. The van der Waals surface area contributed by atoms with Gasteiger partial charge in [0.2, 0.25) is 5.91 Å². The first-order chi connectivity index (χ1) is 13.6. The number of hydrogen-bond donors (Lipinski definition) is 1. The molecule has 2 aromatic rings. The lowest BCUT2D eigenvalue weighted by Crippen LogP contribution is -2.37. The van der Waals surface area contributed by atoms with Gasteiger partial charge in [-0.3, -0.25) is 9.59 Å². The predicted octanol–water partition coefficient (Wildman–Crippen LogP) is 2.31. The molecule has 1 N–H and O–H groups in total. The van der Waals surface area contributed by atoms with Gasteiger partial charge in [0.15, 0.2) is 0 Å². The molecule has 1 fully saturated rings. The molecule has 148 valence electrons. The summed E-state index contributed by atoms with van der Waals surface area (Å²) >= 11 is 0. The molecule has 1 heterocycles. The third-order valence-electron chi connectivity index (χ3n) is 5.11. The van der Waals surface area contributed by atoms with Gasteiger partial charge < -0.3 is 19.7 Å². The smallest absolute Gasteiger partial charge is 0.253 e. The van der Waals surface area contributed by atoms with Crippen molar-refractivity contribution in [2.45, 2.75) is 5.92 Å². The number of benzene rings is 2. The number of carbonyl (C=O) groups is 2. The zero-order chi connectivity index (χ0) is 19.9. The van der Waals surface area contributed by atoms with E-state index in [0.717, 1.165) is 11.3 Å². The second-order valence-corrected chi connectivity index (χ2v) is 6.85. The predicted molar refractivity (Wildman–Crippen MR) is 106 cm³/mol. The molecule has 0 spiro atoms. The Hall–Kier alpha value is -2.86. The molecule has 1 aliphatic heterocycles. The summed E-state index contributed by atoms with van der Waals surface area (Å²) in [5.74, 6) is 0.284. The zero-order valence-corrected chi connectivity index (χ0v) is 16.3. The van der Waals surface area contributed by atoms with Crippen LogP contribution in [0.4, 0.5) is 0 Å². The highest BCUT2D eigenvalue weighted by Crippen LogP contribution is 2.34. The number of amides is 2. The molecule has 0 unspecified atom stereocenters. The van der Waals surface area contributed by atoms with Gasteiger partial charge in [0.1, 0.15) is 5.75 Å². The lowest BCUT2D eigenvalue weighted by molar-refractivity contribution is -0.125. The number of nitrogens with zero attached hydrogens (tertiary/aromatic N) is 1. The quantitative estimate of drug-likeness (QED) is 0.747. The van der Waals surface area contributed by atoms with Gasteiger partial charge in [-0.15, -0.1) is 0 Å². The van der Waals surface area contributed by atoms with E-state index in [4.69, 9.17) is 9.47 Å². The first-order valence-corrected chi connectivity index (χ1v) is 9.39. The Morgan fingerprint density at radius 3 is 2.39 bits per heavy atom. The van der Waals surface area contributed by atoms with Gasteiger partial charge in [-0.05, 0) is 29.8 Å². The Balaban J connectivity index is 1.81. The highest BCUT2D eigenvalue weighted by atomic mass is 16.5. The SMILES string of the molecule is COCCNC(=O)[C@H]1CN(C(=O)c2ccccc2)C[C@H]1c1ccc(OC)cc1. The Morgan fingerprint density at radius 1 is 1.04 bits per heavy atom. The van der Waals surface area contributed by atoms with Crippen molar-refractivity contribution < 1.29 is 19.1 Å². The largest absolute Gasteiger partial charge is 0.497 e. The van der Waals surface area contributed by atoms with E-state index < -0.39 is 0 Å². The molecule has 6 heteroatoms. The highest BCUT2D eigenvalue weighted by Gasteiger charge is 2.40. The van der Waals surface area contributed by atoms with Crippen LogP contribution in [0.15, 0.2) is 54.6 Å². The van der Waals surface area contributed by atoms with Crippen molar-refractivity contribution in [3.63, 3.8) is 0 Å². The molecule has 6 nitrogen and oxygen atoms in total. The van der Waals surface area contributed by atoms with Crippen LogP contribution in [-0.2, 0) is 9.53 Å². The van der Waals surface area contributed by atoms with Crippen molar-refractivity contribution in [3.05, 3.63) is 65.7 Å². The first kappa shape index (κ1) is 19.9. The number of hydrogen-bond acceptors (Lipinski definition) is 4. The number of carbonyl (C=O) groups excluding carboxylic acids is 2. The first-order valence-electron chi connectivity index (χ1n) is 9.39. The van der Waals surface area contributed by atoms with Crippen LogP contribution < -0.4 is 10.1 Å². The van der Waals surface area contributed by atoms with Gasteiger partial charge in [0, 0.05) is 38.2 Å². The molecule has 2 amide bonds. The molecule has 0 aromatic heterocycles. The van der Waals surface area contributed by atoms with Gasteiger partial charge in [-0.1, -0.05) is 30.3 Å². The molecular formula is C22H26N2O4. The lowest BCUT2D eigenvalue weighted by Gasteiger charge is -2.18. The van der Waals surface area contributed by atoms with Crippen LogP contribution in [0.3, 0.4) is 0 Å². The molecule has 2 atom stereocenters. The number of nitrogens with one attached hydrogen (secondary N) is 1. The Kier molecular flexibility index (Phi) is 6.66. The maximum absolute atomic E-state index is 12.9. The van der Waals surface area contributed by atoms with Crippen LogP contribution in [0.1, 0.15) is 21.8 Å². The molecule has 0 radical (unpaired) electrons. The molecular weight excluding hydrogens is 356 g/mol. The molecule has 3 rings (SSSR count). The van der Waals surface area contributed by atoms with E-state index >= 15 is 0 Å². The normalized spacial score (nSPS) is 18.7. The van der Waals surface area contributed by atoms with Gasteiger partial charge >= 0.3 is 0 Å². The average Bonchev–Trinajstić information content (AvgIpc) is 3.19. The van der Waals surface area contributed by atoms with Crippen molar-refractivity contribution in [3.8, 4) is 5.75 Å². The van der Waals surface area contributed by atoms with E-state index in [9.17, 15) is 9.59 Å². The van der Waals surface area contributed by atoms with Crippen molar-refractivity contribution in [2.75, 3.05) is 40.5 Å². The summed E-state index contributed by atoms with van der Waals surface area (Å²) in [6.45, 7) is 1.80. The van der Waals surface area contributed by atoms with E-state index in [1.54, 1.807) is 31.3 Å². The molecule has 0 bridgehead atoms. The summed E-state index contributed by atoms with van der Waals surface area (Å²) in [7, 11) is 3.22. The fourth-order valence-corrected chi connectivity index (χ4v) is 3.59. The van der Waals surface area contributed by atoms with E-state index in [1.807, 2.05) is 42.5 Å². The average molecular weight is 382 g/mol. The number of rotatable bonds is 7. The van der Waals surface area contributed by atoms with Crippen molar-refractivity contribution in [2.24, 2.45) is 5.92 Å². The minimum absolute atomic E-state index is 0.0497. The summed E-state index contributed by atoms with van der Waals surface area (Å²) in [5.41, 5.74) is 1.66. The second kappa shape index (κ2) is 9.37. The van der Waals surface area contributed by atoms with Crippen molar-refractivity contribution in [1.29, 1.82) is 0 Å². The van der Waals surface area contributed by atoms with Crippen molar-refractivity contribution >= 4 is 11.8 Å². The third kappa shape index (κ3) is 4.51. The number of likely N-dealkylation sites (tertiary alicyclic amines) is 1. The van der Waals surface area contributed by atoms with Crippen LogP contribution in [0.25, 0.3) is 0 Å². The molecule has 1 saturated heterocycles. The maximum atomic E-state index is 12.9. The van der Waals surface area contributed by atoms with Crippen LogP contribution in [0.5, 0.6) is 5.75 Å². The van der Waals surface area contributed by atoms with E-state index in [0.29, 0.717) is 31.8 Å². The number of ether oxygens (including phenoxy) is 2. The van der Waals surface area contributed by atoms with Gasteiger partial charge in [-0.2, -0.15) is 0 Å². The standard InChI is InChI=1S/C22H26N2O4/c1-27-13-12-23-21(25)20-15-24(22(26)17-6-4-3-5-7-17)14-19(20)16-8-10-18(28-2)11-9-16/h3-11,19-20H,12-15H2,1-2H3,(H,23,25)/t19-,20-/m0/s1. The monoisotopic (exact) mass is 382 g/mol. The molecule has 28 heavy (non-hydrogen) atoms. The summed E-state index contributed by atoms with van der Waals surface area (Å²) in [6.07, 6.45) is 0. The molecule has 1 aliphatic rings. The molecule has 0 saturated carbocycles. The number of methoxy groups -OCH3 is 2. The van der Waals surface area contributed by atoms with Crippen LogP contribution in [-0.4, -0.2) is 57.2 Å². The Morgan fingerprint density at radius 2 is 1.75 bits per heavy atom. The second-order valence-electron chi connectivity index (χ2n) is 6.85. The zero-order valence-electron chi connectivity index (χ0n) is 16.3. The summed E-state index contributed by atoms with van der Waals surface area (Å²) in [5, 5.41) is 2.92. The van der Waals surface area contributed by atoms with E-state index in [1.165, 1.54) is 0 Å². The van der Waals surface area contributed by atoms with Crippen LogP contribution in [0.2, 0.25) is 0 Å². The van der Waals surface area contributed by atoms with Crippen LogP contribution in [0, 0.1) is 5.92 Å². The molecule has 0 aliphatic carbocycles. The third-order valence-corrected chi connectivity index (χ3v) is 5.11. The minimum Gasteiger partial charge on any atom is -0.497 e. The van der Waals surface area contributed by atoms with E-state index in [-0.39, 0.29) is 23.7 Å². The van der Waals surface area contributed by atoms with Crippen LogP contribution >= 0.6 is 0 Å². The maximum Gasteiger partial charge on any atom is 0.253 e. The Bertz CT molecular complexity index is 792. The Labute approximate surface area is 165 Å². The van der Waals surface area contributed by atoms with Gasteiger partial charge in [-0.25, -0.2) is 0 Å².